The van der Waals surface area contributed by atoms with Crippen LogP contribution in [0, 0.1) is 23.7 Å². The van der Waals surface area contributed by atoms with Crippen molar-refractivity contribution in [1.29, 1.82) is 0 Å². The normalized spacial score (nSPS) is 35.8. The monoisotopic (exact) mass is 334 g/mol. The third-order valence-corrected chi connectivity index (χ3v) is 6.03. The fraction of sp³-hybridized carbons (Fsp3) is 0.714. The van der Waals surface area contributed by atoms with Gasteiger partial charge in [0, 0.05) is 11.5 Å². The SMILES string of the molecule is C=C/C(=C\C=C\C1CCC(CF)CC1)C1OCC(C2CCC2)CO1. The Morgan fingerprint density at radius 3 is 2.25 bits per heavy atom. The molecule has 3 rings (SSSR count). The molecule has 1 aliphatic heterocycles. The van der Waals surface area contributed by atoms with E-state index in [9.17, 15) is 4.39 Å². The van der Waals surface area contributed by atoms with Gasteiger partial charge in [0.2, 0.25) is 0 Å². The van der Waals surface area contributed by atoms with Gasteiger partial charge in [-0.15, -0.1) is 0 Å². The van der Waals surface area contributed by atoms with Crippen LogP contribution < -0.4 is 0 Å². The number of hydrogen-bond donors (Lipinski definition) is 0. The Labute approximate surface area is 145 Å². The lowest BCUT2D eigenvalue weighted by Crippen LogP contribution is -2.38. The van der Waals surface area contributed by atoms with Crippen molar-refractivity contribution in [2.45, 2.75) is 51.2 Å². The van der Waals surface area contributed by atoms with E-state index in [2.05, 4.69) is 24.8 Å². The van der Waals surface area contributed by atoms with E-state index in [-0.39, 0.29) is 13.0 Å². The van der Waals surface area contributed by atoms with Gasteiger partial charge in [-0.1, -0.05) is 50.1 Å². The highest BCUT2D eigenvalue weighted by Crippen LogP contribution is 2.36. The van der Waals surface area contributed by atoms with Crippen molar-refractivity contribution in [2.75, 3.05) is 19.9 Å². The van der Waals surface area contributed by atoms with Crippen LogP contribution in [0.25, 0.3) is 0 Å². The first-order chi connectivity index (χ1) is 11.8. The van der Waals surface area contributed by atoms with Crippen LogP contribution in [0.1, 0.15) is 44.9 Å². The summed E-state index contributed by atoms with van der Waals surface area (Å²) in [5, 5.41) is 0. The molecular formula is C21H31FO2. The third-order valence-electron chi connectivity index (χ3n) is 6.03. The molecule has 134 valence electrons. The molecule has 2 aliphatic carbocycles. The van der Waals surface area contributed by atoms with Gasteiger partial charge in [0.1, 0.15) is 0 Å². The van der Waals surface area contributed by atoms with Gasteiger partial charge in [-0.25, -0.2) is 0 Å². The predicted octanol–water partition coefficient (Wildman–Crippen LogP) is 5.22. The summed E-state index contributed by atoms with van der Waals surface area (Å²) in [6.45, 7) is 5.35. The molecule has 0 aromatic rings. The molecule has 0 radical (unpaired) electrons. The van der Waals surface area contributed by atoms with Gasteiger partial charge in [-0.05, 0) is 43.4 Å². The standard InChI is InChI=1S/C21H31FO2/c1-2-18(6-3-5-16-9-11-17(13-22)12-10-16)21-23-14-20(15-24-21)19-7-4-8-19/h2-3,5-6,16-17,19-21H,1,4,7-15H2/b5-3+,18-6+. The van der Waals surface area contributed by atoms with Crippen molar-refractivity contribution in [3.63, 3.8) is 0 Å². The molecule has 0 bridgehead atoms. The minimum atomic E-state index is -0.272. The molecule has 0 aromatic heterocycles. The van der Waals surface area contributed by atoms with Crippen LogP contribution in [0.5, 0.6) is 0 Å². The molecule has 24 heavy (non-hydrogen) atoms. The highest BCUT2D eigenvalue weighted by molar-refractivity contribution is 5.25. The fourth-order valence-electron chi connectivity index (χ4n) is 4.00. The second-order valence-corrected chi connectivity index (χ2v) is 7.64. The molecule has 0 unspecified atom stereocenters. The van der Waals surface area contributed by atoms with Crippen LogP contribution in [-0.4, -0.2) is 26.2 Å². The molecule has 0 spiro atoms. The molecule has 0 N–H and O–H groups in total. The zero-order valence-electron chi connectivity index (χ0n) is 14.7. The lowest BCUT2D eigenvalue weighted by Gasteiger charge is -2.38. The molecule has 1 heterocycles. The van der Waals surface area contributed by atoms with Gasteiger partial charge in [0.25, 0.3) is 0 Å². The van der Waals surface area contributed by atoms with Gasteiger partial charge in [0.15, 0.2) is 6.29 Å². The predicted molar refractivity (Wildman–Crippen MR) is 95.4 cm³/mol. The minimum Gasteiger partial charge on any atom is -0.348 e. The highest BCUT2D eigenvalue weighted by Gasteiger charge is 2.32. The van der Waals surface area contributed by atoms with Crippen molar-refractivity contribution in [2.24, 2.45) is 23.7 Å². The molecule has 3 aliphatic rings. The molecule has 3 fully saturated rings. The molecule has 2 nitrogen and oxygen atoms in total. The quantitative estimate of drug-likeness (QED) is 0.620. The number of halogens is 1. The second-order valence-electron chi connectivity index (χ2n) is 7.64. The largest absolute Gasteiger partial charge is 0.348 e. The molecule has 2 saturated carbocycles. The maximum Gasteiger partial charge on any atom is 0.183 e. The summed E-state index contributed by atoms with van der Waals surface area (Å²) in [4.78, 5) is 0. The van der Waals surface area contributed by atoms with E-state index in [0.29, 0.717) is 17.8 Å². The van der Waals surface area contributed by atoms with Crippen LogP contribution in [-0.2, 0) is 9.47 Å². The van der Waals surface area contributed by atoms with E-state index in [4.69, 9.17) is 9.47 Å². The van der Waals surface area contributed by atoms with Crippen LogP contribution >= 0.6 is 0 Å². The van der Waals surface area contributed by atoms with Gasteiger partial charge in [-0.3, -0.25) is 4.39 Å². The molecule has 0 aromatic carbocycles. The fourth-order valence-corrected chi connectivity index (χ4v) is 4.00. The van der Waals surface area contributed by atoms with Crippen molar-refractivity contribution >= 4 is 0 Å². The number of rotatable bonds is 6. The second kappa shape index (κ2) is 8.96. The van der Waals surface area contributed by atoms with Crippen LogP contribution in [0.2, 0.25) is 0 Å². The zero-order valence-corrected chi connectivity index (χ0v) is 14.7. The van der Waals surface area contributed by atoms with E-state index in [1.54, 1.807) is 0 Å². The summed E-state index contributed by atoms with van der Waals surface area (Å²) in [6, 6.07) is 0. The molecule has 0 amide bonds. The lowest BCUT2D eigenvalue weighted by atomic mass is 9.76. The van der Waals surface area contributed by atoms with E-state index in [1.807, 2.05) is 6.08 Å². The summed E-state index contributed by atoms with van der Waals surface area (Å²) in [6.07, 6.45) is 16.2. The summed E-state index contributed by atoms with van der Waals surface area (Å²) >= 11 is 0. The van der Waals surface area contributed by atoms with Gasteiger partial charge < -0.3 is 9.47 Å². The smallest absolute Gasteiger partial charge is 0.183 e. The van der Waals surface area contributed by atoms with E-state index in [0.717, 1.165) is 50.4 Å². The first-order valence-corrected chi connectivity index (χ1v) is 9.60. The maximum atomic E-state index is 12.7. The number of ether oxygens (including phenoxy) is 2. The highest BCUT2D eigenvalue weighted by atomic mass is 19.1. The van der Waals surface area contributed by atoms with E-state index >= 15 is 0 Å². The Hall–Kier alpha value is -0.930. The van der Waals surface area contributed by atoms with Crippen molar-refractivity contribution < 1.29 is 13.9 Å². The van der Waals surface area contributed by atoms with Gasteiger partial charge in [-0.2, -0.15) is 0 Å². The van der Waals surface area contributed by atoms with Crippen LogP contribution in [0.15, 0.2) is 36.5 Å². The Kier molecular flexibility index (Phi) is 6.67. The minimum absolute atomic E-state index is 0.158. The third kappa shape index (κ3) is 4.58. The summed E-state index contributed by atoms with van der Waals surface area (Å²) in [5.41, 5.74) is 0.996. The maximum absolute atomic E-state index is 12.7. The van der Waals surface area contributed by atoms with Crippen LogP contribution in [0.3, 0.4) is 0 Å². The van der Waals surface area contributed by atoms with Gasteiger partial charge >= 0.3 is 0 Å². The topological polar surface area (TPSA) is 18.5 Å². The van der Waals surface area contributed by atoms with Crippen molar-refractivity contribution in [1.82, 2.24) is 0 Å². The first kappa shape index (κ1) is 17.9. The Morgan fingerprint density at radius 2 is 1.71 bits per heavy atom. The first-order valence-electron chi connectivity index (χ1n) is 9.60. The average molecular weight is 334 g/mol. The number of alkyl halides is 1. The summed E-state index contributed by atoms with van der Waals surface area (Å²) in [5.74, 6) is 2.25. The summed E-state index contributed by atoms with van der Waals surface area (Å²) in [7, 11) is 0. The molecule has 3 heteroatoms. The lowest BCUT2D eigenvalue weighted by molar-refractivity contribution is -0.191. The zero-order chi connectivity index (χ0) is 16.8. The van der Waals surface area contributed by atoms with E-state index in [1.165, 1.54) is 19.3 Å². The molecule has 1 saturated heterocycles. The number of hydrogen-bond acceptors (Lipinski definition) is 2. The Morgan fingerprint density at radius 1 is 1.00 bits per heavy atom. The van der Waals surface area contributed by atoms with Gasteiger partial charge in [0.05, 0.1) is 19.9 Å². The Balaban J connectivity index is 1.46. The van der Waals surface area contributed by atoms with E-state index < -0.39 is 0 Å². The van der Waals surface area contributed by atoms with Crippen molar-refractivity contribution in [3.05, 3.63) is 36.5 Å². The van der Waals surface area contributed by atoms with Crippen LogP contribution in [0.4, 0.5) is 4.39 Å². The number of allylic oxidation sites excluding steroid dienone is 3. The summed E-state index contributed by atoms with van der Waals surface area (Å²) < 4.78 is 24.5. The average Bonchev–Trinajstić information content (AvgIpc) is 2.59. The molecular weight excluding hydrogens is 303 g/mol. The Bertz CT molecular complexity index is 450. The molecule has 0 atom stereocenters. The van der Waals surface area contributed by atoms with Crippen molar-refractivity contribution in [3.8, 4) is 0 Å².